The molecule has 1 aliphatic heterocycles. The average Bonchev–Trinajstić information content (AvgIpc) is 2.72. The molecule has 0 saturated carbocycles. The molecule has 0 spiro atoms. The molecule has 1 heterocycles. The highest BCUT2D eigenvalue weighted by molar-refractivity contribution is 5.84. The standard InChI is InChI=1S/C12H21N3O4/c1-12(2,3)8(10(17)18)14-11(19)15-5-4-7(6-15)9(13)16/h7-8H,4-6H2,1-3H3,(H2,13,16)(H,14,19)(H,17,18). The Hall–Kier alpha value is -1.79. The molecule has 7 nitrogen and oxygen atoms in total. The van der Waals surface area contributed by atoms with Crippen molar-refractivity contribution in [3.8, 4) is 0 Å². The molecule has 4 N–H and O–H groups in total. The van der Waals surface area contributed by atoms with Crippen LogP contribution in [0.3, 0.4) is 0 Å². The van der Waals surface area contributed by atoms with E-state index in [4.69, 9.17) is 10.8 Å². The van der Waals surface area contributed by atoms with Crippen molar-refractivity contribution in [2.24, 2.45) is 17.1 Å². The number of nitrogens with zero attached hydrogens (tertiary/aromatic N) is 1. The highest BCUT2D eigenvalue weighted by Crippen LogP contribution is 2.21. The minimum Gasteiger partial charge on any atom is -0.480 e. The van der Waals surface area contributed by atoms with Crippen LogP contribution in [-0.2, 0) is 9.59 Å². The molecule has 0 aromatic rings. The molecule has 3 amide bonds. The summed E-state index contributed by atoms with van der Waals surface area (Å²) >= 11 is 0. The molecule has 0 aromatic carbocycles. The van der Waals surface area contributed by atoms with Crippen LogP contribution in [0, 0.1) is 11.3 Å². The zero-order chi connectivity index (χ0) is 14.8. The minimum atomic E-state index is -1.08. The molecule has 2 atom stereocenters. The number of nitrogens with two attached hydrogens (primary N) is 1. The highest BCUT2D eigenvalue weighted by Gasteiger charge is 2.36. The number of hydrogen-bond donors (Lipinski definition) is 3. The van der Waals surface area contributed by atoms with E-state index in [1.807, 2.05) is 0 Å². The van der Waals surface area contributed by atoms with E-state index < -0.39 is 29.4 Å². The summed E-state index contributed by atoms with van der Waals surface area (Å²) in [6.07, 6.45) is 0.524. The SMILES string of the molecule is CC(C)(C)C(NC(=O)N1CCC(C(N)=O)C1)C(=O)O. The Kier molecular flexibility index (Phi) is 4.39. The number of urea groups is 1. The first-order valence-corrected chi connectivity index (χ1v) is 6.20. The Morgan fingerprint density at radius 2 is 1.95 bits per heavy atom. The van der Waals surface area contributed by atoms with Crippen molar-refractivity contribution in [3.05, 3.63) is 0 Å². The fraction of sp³-hybridized carbons (Fsp3) is 0.750. The zero-order valence-corrected chi connectivity index (χ0v) is 11.5. The molecule has 108 valence electrons. The number of carboxylic acids is 1. The Morgan fingerprint density at radius 1 is 1.37 bits per heavy atom. The van der Waals surface area contributed by atoms with E-state index in [1.54, 1.807) is 20.8 Å². The van der Waals surface area contributed by atoms with Gasteiger partial charge in [0, 0.05) is 13.1 Å². The van der Waals surface area contributed by atoms with Crippen LogP contribution < -0.4 is 11.1 Å². The van der Waals surface area contributed by atoms with Crippen molar-refractivity contribution in [1.29, 1.82) is 0 Å². The topological polar surface area (TPSA) is 113 Å². The van der Waals surface area contributed by atoms with Gasteiger partial charge >= 0.3 is 12.0 Å². The van der Waals surface area contributed by atoms with Crippen LogP contribution in [0.25, 0.3) is 0 Å². The maximum atomic E-state index is 12.0. The highest BCUT2D eigenvalue weighted by atomic mass is 16.4. The summed E-state index contributed by atoms with van der Waals surface area (Å²) in [6, 6.07) is -1.45. The van der Waals surface area contributed by atoms with Gasteiger partial charge in [0.2, 0.25) is 5.91 Å². The van der Waals surface area contributed by atoms with Crippen molar-refractivity contribution < 1.29 is 19.5 Å². The maximum Gasteiger partial charge on any atom is 0.326 e. The molecule has 0 radical (unpaired) electrons. The van der Waals surface area contributed by atoms with Gasteiger partial charge in [-0.3, -0.25) is 4.79 Å². The first-order chi connectivity index (χ1) is 8.62. The molecule has 1 aliphatic rings. The summed E-state index contributed by atoms with van der Waals surface area (Å²) in [7, 11) is 0. The molecule has 7 heteroatoms. The van der Waals surface area contributed by atoms with Crippen molar-refractivity contribution in [2.45, 2.75) is 33.2 Å². The summed E-state index contributed by atoms with van der Waals surface area (Å²) in [5.41, 5.74) is 4.59. The maximum absolute atomic E-state index is 12.0. The van der Waals surface area contributed by atoms with Gasteiger partial charge < -0.3 is 21.1 Å². The van der Waals surface area contributed by atoms with Crippen molar-refractivity contribution in [2.75, 3.05) is 13.1 Å². The van der Waals surface area contributed by atoms with E-state index in [0.29, 0.717) is 13.0 Å². The van der Waals surface area contributed by atoms with Gasteiger partial charge in [-0.25, -0.2) is 9.59 Å². The van der Waals surface area contributed by atoms with Gasteiger partial charge in [-0.05, 0) is 11.8 Å². The van der Waals surface area contributed by atoms with E-state index in [0.717, 1.165) is 0 Å². The fourth-order valence-electron chi connectivity index (χ4n) is 2.04. The number of carbonyl (C=O) groups excluding carboxylic acids is 2. The first-order valence-electron chi connectivity index (χ1n) is 6.20. The predicted octanol–water partition coefficient (Wildman–Crippen LogP) is 0.00250. The predicted molar refractivity (Wildman–Crippen MR) is 68.3 cm³/mol. The van der Waals surface area contributed by atoms with Crippen LogP contribution in [0.4, 0.5) is 4.79 Å². The summed E-state index contributed by atoms with van der Waals surface area (Å²) in [4.78, 5) is 35.6. The third-order valence-corrected chi connectivity index (χ3v) is 3.26. The van der Waals surface area contributed by atoms with Gasteiger partial charge in [0.15, 0.2) is 0 Å². The number of carbonyl (C=O) groups is 3. The first kappa shape index (κ1) is 15.3. The lowest BCUT2D eigenvalue weighted by molar-refractivity contribution is -0.142. The van der Waals surface area contributed by atoms with Gasteiger partial charge in [0.1, 0.15) is 6.04 Å². The number of hydrogen-bond acceptors (Lipinski definition) is 3. The Morgan fingerprint density at radius 3 is 2.32 bits per heavy atom. The monoisotopic (exact) mass is 271 g/mol. The second-order valence-electron chi connectivity index (χ2n) is 5.92. The van der Waals surface area contributed by atoms with Crippen LogP contribution in [0.1, 0.15) is 27.2 Å². The molecule has 0 bridgehead atoms. The summed E-state index contributed by atoms with van der Waals surface area (Å²) < 4.78 is 0. The molecular weight excluding hydrogens is 250 g/mol. The normalized spacial score (nSPS) is 21.0. The molecule has 1 fully saturated rings. The van der Waals surface area contributed by atoms with Crippen LogP contribution >= 0.6 is 0 Å². The minimum absolute atomic E-state index is 0.248. The molecule has 0 aliphatic carbocycles. The summed E-state index contributed by atoms with van der Waals surface area (Å²) in [5, 5.41) is 11.6. The van der Waals surface area contributed by atoms with Gasteiger partial charge in [-0.15, -0.1) is 0 Å². The third-order valence-electron chi connectivity index (χ3n) is 3.26. The van der Waals surface area contributed by atoms with Crippen LogP contribution in [0.2, 0.25) is 0 Å². The van der Waals surface area contributed by atoms with Gasteiger partial charge in [-0.2, -0.15) is 0 Å². The Bertz CT molecular complexity index is 389. The summed E-state index contributed by atoms with van der Waals surface area (Å²) in [6.45, 7) is 5.88. The van der Waals surface area contributed by atoms with Crippen LogP contribution in [0.15, 0.2) is 0 Å². The largest absolute Gasteiger partial charge is 0.480 e. The van der Waals surface area contributed by atoms with E-state index in [2.05, 4.69) is 5.32 Å². The van der Waals surface area contributed by atoms with Crippen molar-refractivity contribution in [3.63, 3.8) is 0 Å². The van der Waals surface area contributed by atoms with E-state index in [1.165, 1.54) is 4.90 Å². The second kappa shape index (κ2) is 5.46. The smallest absolute Gasteiger partial charge is 0.326 e. The molecule has 19 heavy (non-hydrogen) atoms. The van der Waals surface area contributed by atoms with Gasteiger partial charge in [-0.1, -0.05) is 20.8 Å². The number of nitrogens with one attached hydrogen (secondary N) is 1. The Labute approximate surface area is 112 Å². The van der Waals surface area contributed by atoms with E-state index in [9.17, 15) is 14.4 Å². The third kappa shape index (κ3) is 3.84. The molecule has 2 unspecified atom stereocenters. The lowest BCUT2D eigenvalue weighted by atomic mass is 9.87. The van der Waals surface area contributed by atoms with Gasteiger partial charge in [0.05, 0.1) is 5.92 Å². The number of carboxylic acid groups (broad SMARTS) is 1. The molecule has 1 saturated heterocycles. The fourth-order valence-corrected chi connectivity index (χ4v) is 2.04. The van der Waals surface area contributed by atoms with Crippen molar-refractivity contribution in [1.82, 2.24) is 10.2 Å². The average molecular weight is 271 g/mol. The number of rotatable bonds is 3. The number of primary amides is 1. The second-order valence-corrected chi connectivity index (χ2v) is 5.92. The zero-order valence-electron chi connectivity index (χ0n) is 11.5. The van der Waals surface area contributed by atoms with Gasteiger partial charge in [0.25, 0.3) is 0 Å². The number of amides is 3. The molecule has 0 aromatic heterocycles. The summed E-state index contributed by atoms with van der Waals surface area (Å²) in [5.74, 6) is -1.85. The lowest BCUT2D eigenvalue weighted by Crippen LogP contribution is -2.53. The molecule has 1 rings (SSSR count). The van der Waals surface area contributed by atoms with Crippen LogP contribution in [0.5, 0.6) is 0 Å². The molecular formula is C12H21N3O4. The van der Waals surface area contributed by atoms with Crippen LogP contribution in [-0.4, -0.2) is 47.0 Å². The number of aliphatic carboxylic acids is 1. The van der Waals surface area contributed by atoms with E-state index in [-0.39, 0.29) is 12.5 Å². The van der Waals surface area contributed by atoms with E-state index >= 15 is 0 Å². The van der Waals surface area contributed by atoms with Crippen molar-refractivity contribution >= 4 is 17.9 Å². The lowest BCUT2D eigenvalue weighted by Gasteiger charge is -2.29. The Balaban J connectivity index is 2.64. The number of likely N-dealkylation sites (tertiary alicyclic amines) is 1. The quantitative estimate of drug-likeness (QED) is 0.670.